The van der Waals surface area contributed by atoms with Crippen molar-refractivity contribution in [3.05, 3.63) is 51.4 Å². The quantitative estimate of drug-likeness (QED) is 0.570. The number of aryl methyl sites for hydroxylation is 1. The minimum absolute atomic E-state index is 0.0680. The Kier molecular flexibility index (Phi) is 6.74. The molecule has 0 spiro atoms. The predicted octanol–water partition coefficient (Wildman–Crippen LogP) is 4.37. The van der Waals surface area contributed by atoms with Gasteiger partial charge in [0.05, 0.1) is 15.9 Å². The van der Waals surface area contributed by atoms with Crippen molar-refractivity contribution in [3.63, 3.8) is 0 Å². The van der Waals surface area contributed by atoms with E-state index in [1.54, 1.807) is 11.3 Å². The van der Waals surface area contributed by atoms with E-state index in [4.69, 9.17) is 17.3 Å². The number of nitrogens with zero attached hydrogens (tertiary/aromatic N) is 4. The molecule has 2 atom stereocenters. The van der Waals surface area contributed by atoms with Crippen LogP contribution in [0.2, 0.25) is 4.34 Å². The van der Waals surface area contributed by atoms with E-state index in [-0.39, 0.29) is 18.0 Å². The smallest absolute Gasteiger partial charge is 0.240 e. The predicted molar refractivity (Wildman–Crippen MR) is 127 cm³/mol. The first-order chi connectivity index (χ1) is 15.0. The molecule has 0 aliphatic carbocycles. The number of nitrogens with two attached hydrogens (primary N) is 1. The second-order valence-corrected chi connectivity index (χ2v) is 9.95. The van der Waals surface area contributed by atoms with E-state index in [0.29, 0.717) is 12.4 Å². The number of amides is 1. The normalized spacial score (nSPS) is 20.0. The highest BCUT2D eigenvalue weighted by Crippen LogP contribution is 2.26. The third-order valence-electron chi connectivity index (χ3n) is 6.01. The molecule has 2 aromatic heterocycles. The summed E-state index contributed by atoms with van der Waals surface area (Å²) in [5.74, 6) is 0.688. The molecule has 4 rings (SSSR count). The highest BCUT2D eigenvalue weighted by molar-refractivity contribution is 7.16. The Bertz CT molecular complexity index is 1070. The van der Waals surface area contributed by atoms with E-state index < -0.39 is 0 Å². The van der Waals surface area contributed by atoms with Crippen molar-refractivity contribution in [2.24, 2.45) is 0 Å². The molecule has 1 saturated heterocycles. The number of piperazine rings is 1. The summed E-state index contributed by atoms with van der Waals surface area (Å²) in [6, 6.07) is 10.1. The fourth-order valence-corrected chi connectivity index (χ4v) is 5.53. The second-order valence-electron chi connectivity index (χ2n) is 8.15. The molecule has 1 fully saturated rings. The number of anilines is 1. The molecule has 6 nitrogen and oxygen atoms in total. The summed E-state index contributed by atoms with van der Waals surface area (Å²) in [5, 5.41) is 0.842. The van der Waals surface area contributed by atoms with Gasteiger partial charge in [-0.05, 0) is 62.6 Å². The van der Waals surface area contributed by atoms with Gasteiger partial charge in [-0.3, -0.25) is 9.69 Å². The van der Waals surface area contributed by atoms with Crippen molar-refractivity contribution < 1.29 is 4.79 Å². The van der Waals surface area contributed by atoms with Crippen LogP contribution in [0.15, 0.2) is 36.7 Å². The topological polar surface area (TPSA) is 75.3 Å². The lowest BCUT2D eigenvalue weighted by molar-refractivity contribution is -0.146. The number of benzene rings is 1. The molecular weight excluding hydrogens is 430 g/mol. The van der Waals surface area contributed by atoms with Gasteiger partial charge in [0.15, 0.2) is 0 Å². The molecule has 1 aromatic carbocycles. The zero-order valence-electron chi connectivity index (χ0n) is 17.9. The minimum Gasteiger partial charge on any atom is -0.383 e. The van der Waals surface area contributed by atoms with Crippen LogP contribution in [0, 0.1) is 0 Å². The molecule has 1 aliphatic heterocycles. The molecular formula is C23H28ClN5OS. The van der Waals surface area contributed by atoms with Crippen LogP contribution in [0.25, 0.3) is 10.9 Å². The van der Waals surface area contributed by atoms with Crippen LogP contribution < -0.4 is 5.73 Å². The Labute approximate surface area is 192 Å². The van der Waals surface area contributed by atoms with E-state index in [2.05, 4.69) is 34.8 Å². The summed E-state index contributed by atoms with van der Waals surface area (Å²) >= 11 is 7.68. The molecule has 0 radical (unpaired) electrons. The van der Waals surface area contributed by atoms with Gasteiger partial charge in [0, 0.05) is 29.4 Å². The third kappa shape index (κ3) is 4.84. The van der Waals surface area contributed by atoms with Gasteiger partial charge in [0.25, 0.3) is 0 Å². The van der Waals surface area contributed by atoms with Crippen LogP contribution >= 0.6 is 22.9 Å². The van der Waals surface area contributed by atoms with E-state index in [1.807, 2.05) is 29.2 Å². The molecule has 164 valence electrons. The molecule has 0 bridgehead atoms. The summed E-state index contributed by atoms with van der Waals surface area (Å²) in [5.41, 5.74) is 7.81. The number of carbonyl (C=O) groups excluding carboxylic acids is 1. The van der Waals surface area contributed by atoms with Crippen LogP contribution in [0.4, 0.5) is 5.82 Å². The maximum absolute atomic E-state index is 13.4. The summed E-state index contributed by atoms with van der Waals surface area (Å²) in [6.07, 6.45) is 4.32. The first kappa shape index (κ1) is 22.0. The Hall–Kier alpha value is -2.22. The highest BCUT2D eigenvalue weighted by atomic mass is 35.5. The molecule has 1 unspecified atom stereocenters. The zero-order chi connectivity index (χ0) is 22.0. The molecule has 1 aliphatic rings. The van der Waals surface area contributed by atoms with Crippen molar-refractivity contribution >= 4 is 45.6 Å². The van der Waals surface area contributed by atoms with E-state index in [9.17, 15) is 4.79 Å². The van der Waals surface area contributed by atoms with Gasteiger partial charge in [0.2, 0.25) is 5.91 Å². The number of hydrogen-bond donors (Lipinski definition) is 1. The molecule has 3 aromatic rings. The van der Waals surface area contributed by atoms with E-state index in [0.717, 1.165) is 53.2 Å². The molecule has 3 heterocycles. The summed E-state index contributed by atoms with van der Waals surface area (Å²) in [6.45, 7) is 6.62. The molecule has 2 N–H and O–H groups in total. The monoisotopic (exact) mass is 457 g/mol. The fraction of sp³-hybridized carbons (Fsp3) is 0.435. The number of halogens is 1. The summed E-state index contributed by atoms with van der Waals surface area (Å²) in [7, 11) is 0. The Morgan fingerprint density at radius 1 is 1.26 bits per heavy atom. The largest absolute Gasteiger partial charge is 0.383 e. The van der Waals surface area contributed by atoms with Gasteiger partial charge in [-0.15, -0.1) is 11.3 Å². The summed E-state index contributed by atoms with van der Waals surface area (Å²) in [4.78, 5) is 27.4. The number of nitrogen functional groups attached to an aromatic ring is 1. The van der Waals surface area contributed by atoms with Crippen LogP contribution in [-0.2, 0) is 17.8 Å². The van der Waals surface area contributed by atoms with Crippen molar-refractivity contribution in [1.29, 1.82) is 0 Å². The van der Waals surface area contributed by atoms with Crippen LogP contribution in [0.5, 0.6) is 0 Å². The van der Waals surface area contributed by atoms with Gasteiger partial charge in [-0.2, -0.15) is 0 Å². The fourth-order valence-electron chi connectivity index (χ4n) is 4.40. The first-order valence-corrected chi connectivity index (χ1v) is 11.9. The number of carbonyl (C=O) groups is 1. The van der Waals surface area contributed by atoms with Gasteiger partial charge >= 0.3 is 0 Å². The average molecular weight is 458 g/mol. The van der Waals surface area contributed by atoms with Crippen molar-refractivity contribution in [2.45, 2.75) is 51.7 Å². The number of rotatable bonds is 7. The van der Waals surface area contributed by atoms with Gasteiger partial charge in [0.1, 0.15) is 12.1 Å². The maximum atomic E-state index is 13.4. The number of thiophene rings is 1. The van der Waals surface area contributed by atoms with E-state index >= 15 is 0 Å². The third-order valence-corrected chi connectivity index (χ3v) is 7.30. The minimum atomic E-state index is -0.0680. The first-order valence-electron chi connectivity index (χ1n) is 10.7. The van der Waals surface area contributed by atoms with Crippen LogP contribution in [0.3, 0.4) is 0 Å². The van der Waals surface area contributed by atoms with Crippen molar-refractivity contribution in [3.8, 4) is 0 Å². The second kappa shape index (κ2) is 9.51. The standard InChI is InChI=1S/C23H28ClN5OS/c1-3-20-23(30)29(13-16-6-8-18-19(11-16)26-14-27-22(18)25)15(2)12-28(20)10-4-5-17-7-9-21(24)31-17/h6-9,11,14-15,20H,3-5,10,12-13H2,1-2H3,(H2,25,26,27)/t15?,20-/m0/s1. The Morgan fingerprint density at radius 2 is 2.10 bits per heavy atom. The van der Waals surface area contributed by atoms with Crippen LogP contribution in [-0.4, -0.2) is 50.8 Å². The average Bonchev–Trinajstić information content (AvgIpc) is 3.16. The van der Waals surface area contributed by atoms with Gasteiger partial charge in [-0.25, -0.2) is 9.97 Å². The summed E-state index contributed by atoms with van der Waals surface area (Å²) < 4.78 is 0.835. The Morgan fingerprint density at radius 3 is 2.84 bits per heavy atom. The lowest BCUT2D eigenvalue weighted by atomic mass is 10.0. The number of fused-ring (bicyclic) bond motifs is 1. The highest BCUT2D eigenvalue weighted by Gasteiger charge is 2.37. The SMILES string of the molecule is CC[C@H]1C(=O)N(Cc2ccc3c(N)ncnc3c2)C(C)CN1CCCc1ccc(Cl)s1. The van der Waals surface area contributed by atoms with Crippen molar-refractivity contribution in [1.82, 2.24) is 19.8 Å². The lowest BCUT2D eigenvalue weighted by Crippen LogP contribution is -2.60. The lowest BCUT2D eigenvalue weighted by Gasteiger charge is -2.44. The molecule has 1 amide bonds. The number of aromatic nitrogens is 2. The molecule has 31 heavy (non-hydrogen) atoms. The van der Waals surface area contributed by atoms with Gasteiger partial charge in [-0.1, -0.05) is 24.6 Å². The Balaban J connectivity index is 1.42. The molecule has 8 heteroatoms. The number of hydrogen-bond acceptors (Lipinski definition) is 6. The molecule has 0 saturated carbocycles. The van der Waals surface area contributed by atoms with Gasteiger partial charge < -0.3 is 10.6 Å². The van der Waals surface area contributed by atoms with E-state index in [1.165, 1.54) is 11.2 Å². The van der Waals surface area contributed by atoms with Crippen molar-refractivity contribution in [2.75, 3.05) is 18.8 Å². The maximum Gasteiger partial charge on any atom is 0.240 e. The van der Waals surface area contributed by atoms with Crippen LogP contribution in [0.1, 0.15) is 37.1 Å². The zero-order valence-corrected chi connectivity index (χ0v) is 19.5.